The summed E-state index contributed by atoms with van der Waals surface area (Å²) in [4.78, 5) is 12.2. The summed E-state index contributed by atoms with van der Waals surface area (Å²) in [7, 11) is 0. The number of rotatable bonds is 7. The second-order valence-corrected chi connectivity index (χ2v) is 4.51. The number of carbonyl (C=O) groups excluding carboxylic acids is 1. The van der Waals surface area contributed by atoms with Crippen molar-refractivity contribution in [1.82, 2.24) is 5.32 Å². The molecular formula is C14H23NO2. The molecule has 1 saturated carbocycles. The molecule has 1 N–H and O–H groups in total. The lowest BCUT2D eigenvalue weighted by atomic mass is 9.79. The Bertz CT molecular complexity index is 288. The molecule has 0 aliphatic heterocycles. The topological polar surface area (TPSA) is 38.3 Å². The Hall–Kier alpha value is -1.09. The van der Waals surface area contributed by atoms with Crippen LogP contribution in [-0.4, -0.2) is 25.2 Å². The standard InChI is InChI=1S/C14H23NO2/c1-4-9-14(13(16)17-6-3)10-7-8-12(14)15-11-5-2/h4-5,12,15H,1-2,6-11H2,3H3/t12-,14+/m0/s1. The van der Waals surface area contributed by atoms with Crippen LogP contribution >= 0.6 is 0 Å². The molecule has 3 nitrogen and oxygen atoms in total. The lowest BCUT2D eigenvalue weighted by Crippen LogP contribution is -2.47. The molecule has 96 valence electrons. The quantitative estimate of drug-likeness (QED) is 0.546. The minimum absolute atomic E-state index is 0.0843. The molecule has 0 unspecified atom stereocenters. The maximum atomic E-state index is 12.2. The molecule has 3 heteroatoms. The molecule has 0 aromatic heterocycles. The van der Waals surface area contributed by atoms with Gasteiger partial charge in [-0.2, -0.15) is 0 Å². The highest BCUT2D eigenvalue weighted by atomic mass is 16.5. The second-order valence-electron chi connectivity index (χ2n) is 4.51. The van der Waals surface area contributed by atoms with Crippen molar-refractivity contribution in [3.8, 4) is 0 Å². The largest absolute Gasteiger partial charge is 0.466 e. The maximum absolute atomic E-state index is 12.2. The lowest BCUT2D eigenvalue weighted by molar-refractivity contribution is -0.156. The molecule has 0 bridgehead atoms. The van der Waals surface area contributed by atoms with Crippen LogP contribution in [0.5, 0.6) is 0 Å². The fourth-order valence-electron chi connectivity index (χ4n) is 2.70. The van der Waals surface area contributed by atoms with Crippen molar-refractivity contribution >= 4 is 5.97 Å². The van der Waals surface area contributed by atoms with Crippen LogP contribution in [0.15, 0.2) is 25.3 Å². The summed E-state index contributed by atoms with van der Waals surface area (Å²) in [6.07, 6.45) is 7.28. The van der Waals surface area contributed by atoms with Crippen LogP contribution < -0.4 is 5.32 Å². The third-order valence-corrected chi connectivity index (χ3v) is 3.48. The first-order valence-electron chi connectivity index (χ1n) is 6.33. The number of esters is 1. The Balaban J connectivity index is 2.83. The molecule has 0 aromatic rings. The summed E-state index contributed by atoms with van der Waals surface area (Å²) in [5.74, 6) is -0.0843. The van der Waals surface area contributed by atoms with Gasteiger partial charge in [0.25, 0.3) is 0 Å². The number of carbonyl (C=O) groups is 1. The minimum atomic E-state index is -0.416. The van der Waals surface area contributed by atoms with E-state index >= 15 is 0 Å². The van der Waals surface area contributed by atoms with Crippen molar-refractivity contribution in [3.05, 3.63) is 25.3 Å². The van der Waals surface area contributed by atoms with E-state index in [4.69, 9.17) is 4.74 Å². The number of ether oxygens (including phenoxy) is 1. The molecule has 0 spiro atoms. The van der Waals surface area contributed by atoms with Gasteiger partial charge >= 0.3 is 5.97 Å². The van der Waals surface area contributed by atoms with Crippen molar-refractivity contribution in [2.45, 2.75) is 38.6 Å². The number of allylic oxidation sites excluding steroid dienone is 1. The number of hydrogen-bond donors (Lipinski definition) is 1. The summed E-state index contributed by atoms with van der Waals surface area (Å²) in [6.45, 7) is 10.5. The predicted octanol–water partition coefficient (Wildman–Crippen LogP) is 2.44. The molecule has 0 aromatic carbocycles. The highest BCUT2D eigenvalue weighted by molar-refractivity contribution is 5.78. The van der Waals surface area contributed by atoms with E-state index in [0.717, 1.165) is 25.8 Å². The van der Waals surface area contributed by atoms with Crippen LogP contribution in [0.4, 0.5) is 0 Å². The molecular weight excluding hydrogens is 214 g/mol. The molecule has 0 heterocycles. The van der Waals surface area contributed by atoms with Gasteiger partial charge in [-0.25, -0.2) is 0 Å². The van der Waals surface area contributed by atoms with Crippen molar-refractivity contribution < 1.29 is 9.53 Å². The zero-order valence-electron chi connectivity index (χ0n) is 10.7. The molecule has 1 aliphatic rings. The van der Waals surface area contributed by atoms with Crippen LogP contribution in [0.25, 0.3) is 0 Å². The van der Waals surface area contributed by atoms with Crippen LogP contribution in [0.1, 0.15) is 32.6 Å². The fraction of sp³-hybridized carbons (Fsp3) is 0.643. The van der Waals surface area contributed by atoms with Crippen LogP contribution in [0.2, 0.25) is 0 Å². The molecule has 2 atom stereocenters. The van der Waals surface area contributed by atoms with Crippen LogP contribution in [0.3, 0.4) is 0 Å². The van der Waals surface area contributed by atoms with Crippen molar-refractivity contribution in [2.75, 3.05) is 13.2 Å². The Kier molecular flexibility index (Phi) is 5.42. The summed E-state index contributed by atoms with van der Waals surface area (Å²) >= 11 is 0. The van der Waals surface area contributed by atoms with Gasteiger partial charge in [0, 0.05) is 12.6 Å². The molecule has 0 amide bonds. The SMILES string of the molecule is C=CCN[C@H]1CCC[C@@]1(CC=C)C(=O)OCC. The Labute approximate surface area is 104 Å². The van der Waals surface area contributed by atoms with E-state index in [0.29, 0.717) is 13.0 Å². The summed E-state index contributed by atoms with van der Waals surface area (Å²) in [5.41, 5.74) is -0.416. The van der Waals surface area contributed by atoms with Gasteiger partial charge in [-0.05, 0) is 26.2 Å². The van der Waals surface area contributed by atoms with Gasteiger partial charge in [0.05, 0.1) is 12.0 Å². The van der Waals surface area contributed by atoms with E-state index in [1.807, 2.05) is 19.1 Å². The third-order valence-electron chi connectivity index (χ3n) is 3.48. The van der Waals surface area contributed by atoms with E-state index in [9.17, 15) is 4.79 Å². The highest BCUT2D eigenvalue weighted by Crippen LogP contribution is 2.42. The fourth-order valence-corrected chi connectivity index (χ4v) is 2.70. The average Bonchev–Trinajstić information content (AvgIpc) is 2.71. The molecule has 1 rings (SSSR count). The van der Waals surface area contributed by atoms with E-state index in [2.05, 4.69) is 18.5 Å². The molecule has 1 fully saturated rings. The van der Waals surface area contributed by atoms with Crippen molar-refractivity contribution in [1.29, 1.82) is 0 Å². The average molecular weight is 237 g/mol. The smallest absolute Gasteiger partial charge is 0.313 e. The van der Waals surface area contributed by atoms with Crippen LogP contribution in [-0.2, 0) is 9.53 Å². The van der Waals surface area contributed by atoms with E-state index in [-0.39, 0.29) is 12.0 Å². The minimum Gasteiger partial charge on any atom is -0.466 e. The van der Waals surface area contributed by atoms with E-state index < -0.39 is 5.41 Å². The first-order valence-corrected chi connectivity index (χ1v) is 6.33. The van der Waals surface area contributed by atoms with E-state index in [1.54, 1.807) is 0 Å². The first kappa shape index (κ1) is 14.0. The normalized spacial score (nSPS) is 27.7. The zero-order valence-corrected chi connectivity index (χ0v) is 10.7. The third kappa shape index (κ3) is 2.97. The monoisotopic (exact) mass is 237 g/mol. The van der Waals surface area contributed by atoms with Gasteiger partial charge in [-0.3, -0.25) is 4.79 Å². The van der Waals surface area contributed by atoms with Gasteiger partial charge in [-0.1, -0.05) is 18.6 Å². The number of nitrogens with one attached hydrogen (secondary N) is 1. The summed E-state index contributed by atoms with van der Waals surface area (Å²) < 4.78 is 5.24. The van der Waals surface area contributed by atoms with Gasteiger partial charge in [0.15, 0.2) is 0 Å². The van der Waals surface area contributed by atoms with Gasteiger partial charge in [-0.15, -0.1) is 13.2 Å². The maximum Gasteiger partial charge on any atom is 0.313 e. The Morgan fingerprint density at radius 2 is 2.29 bits per heavy atom. The summed E-state index contributed by atoms with van der Waals surface area (Å²) in [5, 5.41) is 3.38. The molecule has 0 radical (unpaired) electrons. The number of hydrogen-bond acceptors (Lipinski definition) is 3. The highest BCUT2D eigenvalue weighted by Gasteiger charge is 2.48. The van der Waals surface area contributed by atoms with Gasteiger partial charge < -0.3 is 10.1 Å². The second kappa shape index (κ2) is 6.60. The zero-order chi connectivity index (χ0) is 12.7. The van der Waals surface area contributed by atoms with Crippen molar-refractivity contribution in [3.63, 3.8) is 0 Å². The Morgan fingerprint density at radius 3 is 2.88 bits per heavy atom. The van der Waals surface area contributed by atoms with E-state index in [1.165, 1.54) is 0 Å². The molecule has 1 aliphatic carbocycles. The van der Waals surface area contributed by atoms with Crippen molar-refractivity contribution in [2.24, 2.45) is 5.41 Å². The lowest BCUT2D eigenvalue weighted by Gasteiger charge is -2.32. The molecule has 0 saturated heterocycles. The molecule has 17 heavy (non-hydrogen) atoms. The summed E-state index contributed by atoms with van der Waals surface area (Å²) in [6, 6.07) is 0.178. The first-order chi connectivity index (χ1) is 8.21. The van der Waals surface area contributed by atoms with Gasteiger partial charge in [0.1, 0.15) is 0 Å². The Morgan fingerprint density at radius 1 is 1.53 bits per heavy atom. The van der Waals surface area contributed by atoms with Gasteiger partial charge in [0.2, 0.25) is 0 Å². The predicted molar refractivity (Wildman–Crippen MR) is 69.7 cm³/mol. The van der Waals surface area contributed by atoms with Crippen LogP contribution in [0, 0.1) is 5.41 Å².